The van der Waals surface area contributed by atoms with Crippen molar-refractivity contribution < 1.29 is 9.53 Å². The molecule has 1 atom stereocenters. The van der Waals surface area contributed by atoms with Gasteiger partial charge in [0.05, 0.1) is 12.6 Å². The number of carbonyl (C=O) groups excluding carboxylic acids is 1. The summed E-state index contributed by atoms with van der Waals surface area (Å²) in [4.78, 5) is 17.0. The van der Waals surface area contributed by atoms with Crippen LogP contribution in [0.15, 0.2) is 47.5 Å². The van der Waals surface area contributed by atoms with Crippen LogP contribution in [0.1, 0.15) is 52.1 Å². The maximum atomic E-state index is 12.3. The van der Waals surface area contributed by atoms with Crippen LogP contribution in [0.4, 0.5) is 4.79 Å². The highest BCUT2D eigenvalue weighted by Gasteiger charge is 2.21. The highest BCUT2D eigenvalue weighted by molar-refractivity contribution is 5.80. The molecule has 0 fully saturated rings. The molecule has 0 saturated carbocycles. The Labute approximate surface area is 162 Å². The minimum atomic E-state index is -0.541. The van der Waals surface area contributed by atoms with Gasteiger partial charge in [-0.3, -0.25) is 4.99 Å². The van der Waals surface area contributed by atoms with Gasteiger partial charge in [0, 0.05) is 12.6 Å². The molecule has 1 aliphatic rings. The largest absolute Gasteiger partial charge is 0.444 e. The topological polar surface area (TPSA) is 74.8 Å². The number of guanidine groups is 1. The lowest BCUT2D eigenvalue weighted by molar-refractivity contribution is 0.0505. The van der Waals surface area contributed by atoms with E-state index in [-0.39, 0.29) is 6.04 Å². The molecule has 6 nitrogen and oxygen atoms in total. The van der Waals surface area contributed by atoms with E-state index < -0.39 is 11.7 Å². The van der Waals surface area contributed by atoms with Gasteiger partial charge >= 0.3 is 6.09 Å². The molecule has 0 aromatic heterocycles. The molecule has 148 valence electrons. The van der Waals surface area contributed by atoms with Crippen molar-refractivity contribution in [2.24, 2.45) is 4.99 Å². The number of hydrogen-bond donors (Lipinski definition) is 3. The van der Waals surface area contributed by atoms with E-state index in [9.17, 15) is 4.79 Å². The Bertz CT molecular complexity index is 642. The molecule has 3 N–H and O–H groups in total. The van der Waals surface area contributed by atoms with Crippen molar-refractivity contribution in [1.29, 1.82) is 0 Å². The highest BCUT2D eigenvalue weighted by atomic mass is 16.6. The fraction of sp³-hybridized carbons (Fsp3) is 0.524. The second-order valence-electron chi connectivity index (χ2n) is 7.61. The molecule has 6 heteroatoms. The number of aliphatic imine (C=N–C) groups is 1. The number of nitrogens with zero attached hydrogens (tertiary/aromatic N) is 1. The van der Waals surface area contributed by atoms with Gasteiger partial charge in [0.2, 0.25) is 0 Å². The Morgan fingerprint density at radius 3 is 2.48 bits per heavy atom. The fourth-order valence-electron chi connectivity index (χ4n) is 2.80. The first-order chi connectivity index (χ1) is 12.9. The van der Waals surface area contributed by atoms with Gasteiger partial charge in [0.1, 0.15) is 5.60 Å². The predicted molar refractivity (Wildman–Crippen MR) is 110 cm³/mol. The normalized spacial score (nSPS) is 16.1. The van der Waals surface area contributed by atoms with Crippen LogP contribution in [0, 0.1) is 0 Å². The molecule has 1 aromatic rings. The maximum Gasteiger partial charge on any atom is 0.408 e. The van der Waals surface area contributed by atoms with Crippen LogP contribution in [0.25, 0.3) is 0 Å². The summed E-state index contributed by atoms with van der Waals surface area (Å²) in [7, 11) is 0. The van der Waals surface area contributed by atoms with Gasteiger partial charge in [-0.25, -0.2) is 4.79 Å². The summed E-state index contributed by atoms with van der Waals surface area (Å²) in [6.45, 7) is 8.79. The van der Waals surface area contributed by atoms with E-state index in [1.807, 2.05) is 58.0 Å². The Morgan fingerprint density at radius 1 is 1.22 bits per heavy atom. The Hall–Kier alpha value is -2.50. The van der Waals surface area contributed by atoms with E-state index in [0.29, 0.717) is 12.6 Å². The molecule has 0 heterocycles. The van der Waals surface area contributed by atoms with Crippen LogP contribution in [-0.4, -0.2) is 36.8 Å². The summed E-state index contributed by atoms with van der Waals surface area (Å²) in [5, 5.41) is 9.67. The molecule has 1 unspecified atom stereocenters. The second kappa shape index (κ2) is 10.00. The molecule has 1 aliphatic carbocycles. The Kier molecular flexibility index (Phi) is 7.70. The molecule has 0 bridgehead atoms. The third-order valence-corrected chi connectivity index (χ3v) is 4.02. The van der Waals surface area contributed by atoms with Crippen LogP contribution in [0.5, 0.6) is 0 Å². The number of ether oxygens (including phenoxy) is 1. The molecule has 27 heavy (non-hydrogen) atoms. The van der Waals surface area contributed by atoms with E-state index in [1.54, 1.807) is 0 Å². The van der Waals surface area contributed by atoms with Crippen molar-refractivity contribution in [3.8, 4) is 0 Å². The average molecular weight is 373 g/mol. The first-order valence-corrected chi connectivity index (χ1v) is 9.61. The molecule has 1 amide bonds. The van der Waals surface area contributed by atoms with Crippen molar-refractivity contribution in [2.45, 2.75) is 58.2 Å². The molecule has 0 spiro atoms. The second-order valence-corrected chi connectivity index (χ2v) is 7.61. The van der Waals surface area contributed by atoms with Gasteiger partial charge in [0.15, 0.2) is 5.96 Å². The lowest BCUT2D eigenvalue weighted by atomic mass is 10.1. The molecule has 0 aliphatic heterocycles. The molecule has 0 radical (unpaired) electrons. The minimum Gasteiger partial charge on any atom is -0.444 e. The zero-order valence-electron chi connectivity index (χ0n) is 16.8. The van der Waals surface area contributed by atoms with Gasteiger partial charge in [-0.15, -0.1) is 0 Å². The van der Waals surface area contributed by atoms with Crippen LogP contribution in [0.3, 0.4) is 0 Å². The van der Waals surface area contributed by atoms with Crippen molar-refractivity contribution >= 4 is 12.1 Å². The van der Waals surface area contributed by atoms with Crippen LogP contribution < -0.4 is 16.0 Å². The molecule has 1 aromatic carbocycles. The van der Waals surface area contributed by atoms with Gasteiger partial charge in [0.25, 0.3) is 0 Å². The number of benzene rings is 1. The van der Waals surface area contributed by atoms with Crippen molar-refractivity contribution in [3.05, 3.63) is 48.0 Å². The summed E-state index contributed by atoms with van der Waals surface area (Å²) >= 11 is 0. The van der Waals surface area contributed by atoms with Crippen molar-refractivity contribution in [1.82, 2.24) is 16.0 Å². The average Bonchev–Trinajstić information content (AvgIpc) is 3.11. The van der Waals surface area contributed by atoms with E-state index >= 15 is 0 Å². The van der Waals surface area contributed by atoms with Gasteiger partial charge in [-0.1, -0.05) is 42.5 Å². The predicted octanol–water partition coefficient (Wildman–Crippen LogP) is 3.53. The number of nitrogens with one attached hydrogen (secondary N) is 3. The zero-order valence-corrected chi connectivity index (χ0v) is 16.8. The van der Waals surface area contributed by atoms with Gasteiger partial charge in [-0.2, -0.15) is 0 Å². The first kappa shape index (κ1) is 20.8. The quantitative estimate of drug-likeness (QED) is 0.406. The van der Waals surface area contributed by atoms with Crippen molar-refractivity contribution in [2.75, 3.05) is 13.1 Å². The number of hydrogen-bond acceptors (Lipinski definition) is 3. The van der Waals surface area contributed by atoms with Gasteiger partial charge in [-0.05, 0) is 46.1 Å². The summed E-state index contributed by atoms with van der Waals surface area (Å²) < 4.78 is 5.41. The lowest BCUT2D eigenvalue weighted by Crippen LogP contribution is -2.43. The number of alkyl carbamates (subject to hydrolysis) is 1. The Balaban J connectivity index is 2.08. The molecule has 2 rings (SSSR count). The lowest BCUT2D eigenvalue weighted by Gasteiger charge is -2.24. The van der Waals surface area contributed by atoms with Crippen LogP contribution in [-0.2, 0) is 4.74 Å². The van der Waals surface area contributed by atoms with Gasteiger partial charge < -0.3 is 20.7 Å². The summed E-state index contributed by atoms with van der Waals surface area (Å²) in [5.74, 6) is 0.762. The summed E-state index contributed by atoms with van der Waals surface area (Å²) in [6, 6.07) is 9.94. The summed E-state index contributed by atoms with van der Waals surface area (Å²) in [6.07, 6.45) is 5.92. The standard InChI is InChI=1S/C21H32N4O2/c1-5-22-19(24-17-13-9-10-14-17)23-15-18(16-11-7-6-8-12-16)25-20(26)27-21(2,3)4/h6-12,17-18H,5,13-15H2,1-4H3,(H,25,26)(H2,22,23,24). The molecule has 0 saturated heterocycles. The van der Waals surface area contributed by atoms with E-state index in [2.05, 4.69) is 28.1 Å². The third-order valence-electron chi connectivity index (χ3n) is 4.02. The van der Waals surface area contributed by atoms with Crippen molar-refractivity contribution in [3.63, 3.8) is 0 Å². The van der Waals surface area contributed by atoms with E-state index in [0.717, 1.165) is 30.9 Å². The maximum absolute atomic E-state index is 12.3. The van der Waals surface area contributed by atoms with E-state index in [4.69, 9.17) is 9.73 Å². The number of rotatable bonds is 6. The zero-order chi connectivity index (χ0) is 19.7. The number of carbonyl (C=O) groups is 1. The first-order valence-electron chi connectivity index (χ1n) is 9.61. The third kappa shape index (κ3) is 7.72. The smallest absolute Gasteiger partial charge is 0.408 e. The van der Waals surface area contributed by atoms with Crippen LogP contribution in [0.2, 0.25) is 0 Å². The van der Waals surface area contributed by atoms with Crippen LogP contribution >= 0.6 is 0 Å². The SMILES string of the molecule is CCNC(=NCC(NC(=O)OC(C)(C)C)c1ccccc1)NC1CC=CC1. The minimum absolute atomic E-state index is 0.266. The summed E-state index contributed by atoms with van der Waals surface area (Å²) in [5.41, 5.74) is 0.450. The monoisotopic (exact) mass is 372 g/mol. The molecular formula is C21H32N4O2. The fourth-order valence-corrected chi connectivity index (χ4v) is 2.80. The van der Waals surface area contributed by atoms with E-state index in [1.165, 1.54) is 0 Å². The molecular weight excluding hydrogens is 340 g/mol. The Morgan fingerprint density at radius 2 is 1.89 bits per heavy atom. The number of amides is 1. The highest BCUT2D eigenvalue weighted by Crippen LogP contribution is 2.15.